The van der Waals surface area contributed by atoms with E-state index in [1.165, 1.54) is 19.1 Å². The van der Waals surface area contributed by atoms with Crippen LogP contribution in [0.15, 0.2) is 34.5 Å². The lowest BCUT2D eigenvalue weighted by molar-refractivity contribution is -0.384. The zero-order valence-corrected chi connectivity index (χ0v) is 13.8. The van der Waals surface area contributed by atoms with Crippen molar-refractivity contribution < 1.29 is 14.8 Å². The monoisotopic (exact) mass is 329 g/mol. The van der Waals surface area contributed by atoms with E-state index in [4.69, 9.17) is 0 Å². The van der Waals surface area contributed by atoms with E-state index >= 15 is 0 Å². The van der Waals surface area contributed by atoms with E-state index in [1.54, 1.807) is 19.1 Å². The lowest BCUT2D eigenvalue weighted by atomic mass is 9.59. The van der Waals surface area contributed by atoms with Crippen molar-refractivity contribution in [3.8, 4) is 0 Å². The van der Waals surface area contributed by atoms with Crippen LogP contribution in [0.2, 0.25) is 0 Å². The molecule has 0 bridgehead atoms. The molecule has 1 fully saturated rings. The fourth-order valence-corrected chi connectivity index (χ4v) is 4.07. The lowest BCUT2D eigenvalue weighted by Gasteiger charge is -2.45. The molecule has 0 amide bonds. The van der Waals surface area contributed by atoms with Crippen molar-refractivity contribution in [1.29, 1.82) is 0 Å². The summed E-state index contributed by atoms with van der Waals surface area (Å²) in [6, 6.07) is 6.16. The minimum Gasteiger partial charge on any atom is -0.389 e. The Balaban J connectivity index is 2.11. The smallest absolute Gasteiger partial charge is 0.269 e. The highest BCUT2D eigenvalue weighted by molar-refractivity contribution is 6.12. The zero-order chi connectivity index (χ0) is 17.6. The van der Waals surface area contributed by atoms with Crippen LogP contribution in [0, 0.1) is 22.0 Å². The second kappa shape index (κ2) is 5.59. The van der Waals surface area contributed by atoms with Crippen LogP contribution in [0.25, 0.3) is 0 Å². The van der Waals surface area contributed by atoms with Crippen LogP contribution in [-0.2, 0) is 4.79 Å². The molecule has 0 unspecified atom stereocenters. The second-order valence-electron chi connectivity index (χ2n) is 6.81. The van der Waals surface area contributed by atoms with Gasteiger partial charge in [-0.05, 0) is 26.3 Å². The number of carbonyl (C=O) groups excluding carboxylic acids is 1. The fourth-order valence-electron chi connectivity index (χ4n) is 4.07. The van der Waals surface area contributed by atoms with Crippen molar-refractivity contribution in [2.45, 2.75) is 38.7 Å². The molecule has 7 nitrogen and oxygen atoms in total. The lowest BCUT2D eigenvalue weighted by Crippen LogP contribution is -2.53. The molecule has 7 heteroatoms. The number of hydrogen-bond donors (Lipinski definition) is 1. The van der Waals surface area contributed by atoms with Crippen molar-refractivity contribution in [3.05, 3.63) is 39.9 Å². The quantitative estimate of drug-likeness (QED) is 0.679. The molecule has 2 aliphatic rings. The van der Waals surface area contributed by atoms with Crippen LogP contribution in [0.3, 0.4) is 0 Å². The molecule has 0 spiro atoms. The third-order valence-electron chi connectivity index (χ3n) is 5.00. The van der Waals surface area contributed by atoms with E-state index in [0.29, 0.717) is 6.42 Å². The summed E-state index contributed by atoms with van der Waals surface area (Å²) in [5.41, 5.74) is 1.10. The standard InChI is InChI=1S/C17H19N3O4/c1-9-14-13(19-18-9)8-17(3,22)16(10(2)21)15(14)11-4-6-12(7-5-11)20(23)24/h4-7,14-16,22H,8H2,1-3H3/t14-,15+,16+,17-/m0/s1. The largest absolute Gasteiger partial charge is 0.389 e. The molecule has 0 aromatic heterocycles. The highest BCUT2D eigenvalue weighted by Gasteiger charge is 2.53. The van der Waals surface area contributed by atoms with Gasteiger partial charge in [0.15, 0.2) is 0 Å². The number of Topliss-reactive ketones (excluding diaryl/α,β-unsaturated/α-hetero) is 1. The predicted molar refractivity (Wildman–Crippen MR) is 89.3 cm³/mol. The van der Waals surface area contributed by atoms with E-state index in [1.807, 2.05) is 6.92 Å². The second-order valence-corrected chi connectivity index (χ2v) is 6.81. The van der Waals surface area contributed by atoms with E-state index in [2.05, 4.69) is 10.2 Å². The molecule has 4 atom stereocenters. The molecule has 0 saturated heterocycles. The first kappa shape index (κ1) is 16.4. The van der Waals surface area contributed by atoms with Crippen molar-refractivity contribution in [2.24, 2.45) is 22.0 Å². The van der Waals surface area contributed by atoms with Gasteiger partial charge in [-0.25, -0.2) is 0 Å². The Kier molecular flexibility index (Phi) is 3.83. The summed E-state index contributed by atoms with van der Waals surface area (Å²) in [6.07, 6.45) is 0.298. The van der Waals surface area contributed by atoms with E-state index in [-0.39, 0.29) is 23.3 Å². The number of ketones is 1. The maximum absolute atomic E-state index is 12.3. The number of hydrogen-bond acceptors (Lipinski definition) is 6. The third-order valence-corrected chi connectivity index (χ3v) is 5.00. The number of benzene rings is 1. The highest BCUT2D eigenvalue weighted by Crippen LogP contribution is 2.48. The Labute approximate surface area is 139 Å². The first-order chi connectivity index (χ1) is 11.2. The van der Waals surface area contributed by atoms with Gasteiger partial charge in [-0.15, -0.1) is 0 Å². The Bertz CT molecular complexity index is 765. The van der Waals surface area contributed by atoms with Gasteiger partial charge in [-0.2, -0.15) is 10.2 Å². The summed E-state index contributed by atoms with van der Waals surface area (Å²) >= 11 is 0. The summed E-state index contributed by atoms with van der Waals surface area (Å²) in [5.74, 6) is -1.22. The number of nitro groups is 1. The molecule has 1 N–H and O–H groups in total. The molecule has 3 rings (SSSR count). The Morgan fingerprint density at radius 3 is 2.50 bits per heavy atom. The van der Waals surface area contributed by atoms with Gasteiger partial charge in [0.2, 0.25) is 0 Å². The summed E-state index contributed by atoms with van der Waals surface area (Å²) in [4.78, 5) is 22.7. The van der Waals surface area contributed by atoms with Gasteiger partial charge in [0.1, 0.15) is 5.78 Å². The van der Waals surface area contributed by atoms with Gasteiger partial charge in [0.25, 0.3) is 5.69 Å². The average molecular weight is 329 g/mol. The summed E-state index contributed by atoms with van der Waals surface area (Å²) < 4.78 is 0. The maximum atomic E-state index is 12.3. The molecule has 0 radical (unpaired) electrons. The molecular formula is C17H19N3O4. The molecule has 1 saturated carbocycles. The number of nitro benzene ring substituents is 1. The van der Waals surface area contributed by atoms with E-state index < -0.39 is 16.4 Å². The van der Waals surface area contributed by atoms with Crippen LogP contribution in [0.1, 0.15) is 38.7 Å². The van der Waals surface area contributed by atoms with Gasteiger partial charge in [-0.3, -0.25) is 14.9 Å². The molecule has 1 aliphatic heterocycles. The van der Waals surface area contributed by atoms with Crippen LogP contribution in [0.4, 0.5) is 5.69 Å². The third kappa shape index (κ3) is 2.54. The number of carbonyl (C=O) groups is 1. The van der Waals surface area contributed by atoms with Gasteiger partial charge < -0.3 is 5.11 Å². The Morgan fingerprint density at radius 2 is 1.96 bits per heavy atom. The molecule has 1 aliphatic carbocycles. The minimum absolute atomic E-state index is 0.00797. The predicted octanol–water partition coefficient (Wildman–Crippen LogP) is 2.49. The molecule has 24 heavy (non-hydrogen) atoms. The van der Waals surface area contributed by atoms with Crippen LogP contribution < -0.4 is 0 Å². The minimum atomic E-state index is -1.23. The number of non-ortho nitro benzene ring substituents is 1. The number of rotatable bonds is 3. The van der Waals surface area contributed by atoms with Crippen LogP contribution in [0.5, 0.6) is 0 Å². The van der Waals surface area contributed by atoms with Crippen molar-refractivity contribution in [3.63, 3.8) is 0 Å². The number of fused-ring (bicyclic) bond motifs is 1. The maximum Gasteiger partial charge on any atom is 0.269 e. The molecule has 1 aromatic carbocycles. The van der Waals surface area contributed by atoms with E-state index in [9.17, 15) is 20.0 Å². The fraction of sp³-hybridized carbons (Fsp3) is 0.471. The number of aliphatic hydroxyl groups is 1. The summed E-state index contributed by atoms with van der Waals surface area (Å²) in [5, 5.41) is 30.0. The normalized spacial score (nSPS) is 31.9. The van der Waals surface area contributed by atoms with Gasteiger partial charge in [0, 0.05) is 36.1 Å². The topological polar surface area (TPSA) is 105 Å². The Morgan fingerprint density at radius 1 is 1.33 bits per heavy atom. The van der Waals surface area contributed by atoms with Crippen molar-refractivity contribution in [2.75, 3.05) is 0 Å². The molecular weight excluding hydrogens is 310 g/mol. The first-order valence-electron chi connectivity index (χ1n) is 7.80. The number of nitrogens with zero attached hydrogens (tertiary/aromatic N) is 3. The first-order valence-corrected chi connectivity index (χ1v) is 7.80. The zero-order valence-electron chi connectivity index (χ0n) is 13.8. The SMILES string of the molecule is CC(=O)[C@@H]1[C@H](c2ccc([N+](=O)[O-])cc2)[C@H]2C(C)=NN=C2C[C@]1(C)O. The Hall–Kier alpha value is -2.41. The van der Waals surface area contributed by atoms with Gasteiger partial charge >= 0.3 is 0 Å². The van der Waals surface area contributed by atoms with Gasteiger partial charge in [0.05, 0.1) is 22.2 Å². The van der Waals surface area contributed by atoms with Crippen LogP contribution in [-0.4, -0.2) is 32.8 Å². The van der Waals surface area contributed by atoms with Crippen molar-refractivity contribution >= 4 is 22.9 Å². The molecule has 126 valence electrons. The van der Waals surface area contributed by atoms with Crippen LogP contribution >= 0.6 is 0 Å². The molecule has 1 heterocycles. The summed E-state index contributed by atoms with van der Waals surface area (Å²) in [7, 11) is 0. The molecule has 1 aromatic rings. The average Bonchev–Trinajstić information content (AvgIpc) is 2.85. The van der Waals surface area contributed by atoms with Gasteiger partial charge in [-0.1, -0.05) is 12.1 Å². The van der Waals surface area contributed by atoms with Crippen molar-refractivity contribution in [1.82, 2.24) is 0 Å². The highest BCUT2D eigenvalue weighted by atomic mass is 16.6. The van der Waals surface area contributed by atoms with E-state index in [0.717, 1.165) is 17.0 Å². The summed E-state index contributed by atoms with van der Waals surface area (Å²) in [6.45, 7) is 4.97.